The predicted molar refractivity (Wildman–Crippen MR) is 103 cm³/mol. The zero-order valence-corrected chi connectivity index (χ0v) is 15.9. The van der Waals surface area contributed by atoms with Crippen molar-refractivity contribution in [3.05, 3.63) is 58.1 Å². The van der Waals surface area contributed by atoms with Crippen molar-refractivity contribution in [2.45, 2.75) is 19.4 Å². The molecule has 0 saturated carbocycles. The maximum Gasteiger partial charge on any atom is 0.227 e. The van der Waals surface area contributed by atoms with Crippen LogP contribution in [0.5, 0.6) is 5.75 Å². The molecule has 0 fully saturated rings. The third-order valence-electron chi connectivity index (χ3n) is 4.23. The minimum Gasteiger partial charge on any atom is -0.496 e. The second-order valence-electron chi connectivity index (χ2n) is 5.83. The molecular weight excluding hydrogens is 356 g/mol. The van der Waals surface area contributed by atoms with Crippen molar-refractivity contribution in [3.63, 3.8) is 0 Å². The number of fused-ring (bicyclic) bond motifs is 1. The highest BCUT2D eigenvalue weighted by Gasteiger charge is 2.22. The van der Waals surface area contributed by atoms with E-state index in [-0.39, 0.29) is 18.4 Å². The van der Waals surface area contributed by atoms with Crippen LogP contribution in [0.2, 0.25) is 5.02 Å². The Morgan fingerprint density at radius 3 is 2.80 bits per heavy atom. The van der Waals surface area contributed by atoms with Gasteiger partial charge in [-0.1, -0.05) is 23.7 Å². The maximum atomic E-state index is 12.7. The fraction of sp³-hybridized carbons (Fsp3) is 0.263. The minimum absolute atomic E-state index is 0.00711. The number of rotatable bonds is 5. The number of hydrogen-bond donors (Lipinski definition) is 0. The molecule has 2 aromatic carbocycles. The third-order valence-corrected chi connectivity index (χ3v) is 5.67. The molecule has 25 heavy (non-hydrogen) atoms. The number of amides is 1. The van der Waals surface area contributed by atoms with Crippen LogP contribution in [-0.2, 0) is 11.2 Å². The quantitative estimate of drug-likeness (QED) is 0.648. The van der Waals surface area contributed by atoms with Crippen LogP contribution in [0.25, 0.3) is 10.2 Å². The summed E-state index contributed by atoms with van der Waals surface area (Å²) in [7, 11) is 3.39. The average Bonchev–Trinajstić information content (AvgIpc) is 3.04. The Morgan fingerprint density at radius 2 is 2.08 bits per heavy atom. The average molecular weight is 375 g/mol. The van der Waals surface area contributed by atoms with Crippen molar-refractivity contribution in [1.82, 2.24) is 9.88 Å². The molecule has 1 amide bonds. The molecule has 0 aliphatic heterocycles. The van der Waals surface area contributed by atoms with Crippen LogP contribution in [0, 0.1) is 0 Å². The van der Waals surface area contributed by atoms with Crippen LogP contribution in [0.15, 0.2) is 42.5 Å². The summed E-state index contributed by atoms with van der Waals surface area (Å²) in [6.45, 7) is 1.99. The van der Waals surface area contributed by atoms with Gasteiger partial charge in [-0.3, -0.25) is 4.79 Å². The van der Waals surface area contributed by atoms with Crippen LogP contribution in [0.3, 0.4) is 0 Å². The Morgan fingerprint density at radius 1 is 1.32 bits per heavy atom. The molecule has 0 bridgehead atoms. The number of nitrogens with zero attached hydrogens (tertiary/aromatic N) is 2. The molecule has 0 N–H and O–H groups in total. The van der Waals surface area contributed by atoms with Gasteiger partial charge in [-0.15, -0.1) is 11.3 Å². The van der Waals surface area contributed by atoms with Gasteiger partial charge in [-0.2, -0.15) is 0 Å². The number of likely N-dealkylation sites (N-methyl/N-ethyl adjacent to an activating group) is 1. The topological polar surface area (TPSA) is 42.4 Å². The van der Waals surface area contributed by atoms with Crippen molar-refractivity contribution in [1.29, 1.82) is 0 Å². The number of ether oxygens (including phenoxy) is 1. The Labute approximate surface area is 156 Å². The second kappa shape index (κ2) is 7.42. The van der Waals surface area contributed by atoms with Crippen molar-refractivity contribution < 1.29 is 9.53 Å². The maximum absolute atomic E-state index is 12.7. The summed E-state index contributed by atoms with van der Waals surface area (Å²) >= 11 is 7.67. The summed E-state index contributed by atoms with van der Waals surface area (Å²) in [6, 6.07) is 13.2. The third kappa shape index (κ3) is 3.78. The molecule has 0 spiro atoms. The van der Waals surface area contributed by atoms with Gasteiger partial charge >= 0.3 is 0 Å². The number of carbonyl (C=O) groups excluding carboxylic acids is 1. The van der Waals surface area contributed by atoms with E-state index in [0.717, 1.165) is 20.8 Å². The normalized spacial score (nSPS) is 12.2. The summed E-state index contributed by atoms with van der Waals surface area (Å²) in [5.41, 5.74) is 1.75. The first-order chi connectivity index (χ1) is 12.0. The minimum atomic E-state index is -0.102. The molecule has 0 aliphatic carbocycles. The molecule has 0 unspecified atom stereocenters. The number of benzene rings is 2. The van der Waals surface area contributed by atoms with E-state index in [0.29, 0.717) is 10.8 Å². The Kier molecular flexibility index (Phi) is 5.25. The highest BCUT2D eigenvalue weighted by Crippen LogP contribution is 2.30. The number of thiazole rings is 1. The Hall–Kier alpha value is -2.11. The monoisotopic (exact) mass is 374 g/mol. The van der Waals surface area contributed by atoms with Crippen molar-refractivity contribution in [3.8, 4) is 5.75 Å². The molecule has 0 saturated heterocycles. The number of halogens is 1. The van der Waals surface area contributed by atoms with Gasteiger partial charge in [0.25, 0.3) is 0 Å². The van der Waals surface area contributed by atoms with Crippen molar-refractivity contribution in [2.24, 2.45) is 0 Å². The zero-order valence-electron chi connectivity index (χ0n) is 14.3. The lowest BCUT2D eigenvalue weighted by Gasteiger charge is -2.23. The fourth-order valence-electron chi connectivity index (χ4n) is 2.62. The summed E-state index contributed by atoms with van der Waals surface area (Å²) in [5, 5.41) is 1.51. The van der Waals surface area contributed by atoms with Crippen LogP contribution < -0.4 is 4.74 Å². The van der Waals surface area contributed by atoms with E-state index >= 15 is 0 Å². The summed E-state index contributed by atoms with van der Waals surface area (Å²) in [6.07, 6.45) is 0.232. The van der Waals surface area contributed by atoms with Crippen molar-refractivity contribution in [2.75, 3.05) is 14.2 Å². The standard InChI is InChI=1S/C19H19ClN2O2S/c1-12(19-21-15-6-4-5-7-17(15)25-19)22(2)18(23)11-13-10-14(20)8-9-16(13)24-3/h4-10,12H,11H2,1-3H3/t12-/m1/s1. The largest absolute Gasteiger partial charge is 0.496 e. The number of carbonyl (C=O) groups is 1. The molecule has 4 nitrogen and oxygen atoms in total. The van der Waals surface area contributed by atoms with Gasteiger partial charge in [0.05, 0.1) is 29.8 Å². The predicted octanol–water partition coefficient (Wildman–Crippen LogP) is 4.72. The zero-order chi connectivity index (χ0) is 18.0. The molecule has 1 aromatic heterocycles. The van der Waals surface area contributed by atoms with Gasteiger partial charge in [0.2, 0.25) is 5.91 Å². The number of para-hydroxylation sites is 1. The summed E-state index contributed by atoms with van der Waals surface area (Å²) in [4.78, 5) is 19.1. The van der Waals surface area contributed by atoms with Crippen LogP contribution in [0.4, 0.5) is 0 Å². The first kappa shape index (κ1) is 17.7. The SMILES string of the molecule is COc1ccc(Cl)cc1CC(=O)N(C)[C@H](C)c1nc2ccccc2s1. The highest BCUT2D eigenvalue weighted by atomic mass is 35.5. The molecule has 1 atom stereocenters. The van der Waals surface area contributed by atoms with E-state index in [2.05, 4.69) is 4.98 Å². The number of hydrogen-bond acceptors (Lipinski definition) is 4. The van der Waals surface area contributed by atoms with E-state index in [1.807, 2.05) is 31.2 Å². The molecule has 0 aliphatic rings. The number of methoxy groups -OCH3 is 1. The Bertz CT molecular complexity index is 876. The highest BCUT2D eigenvalue weighted by molar-refractivity contribution is 7.18. The second-order valence-corrected chi connectivity index (χ2v) is 7.33. The van der Waals surface area contributed by atoms with Crippen molar-refractivity contribution >= 4 is 39.1 Å². The molecule has 6 heteroatoms. The molecular formula is C19H19ClN2O2S. The van der Waals surface area contributed by atoms with E-state index in [9.17, 15) is 4.79 Å². The van der Waals surface area contributed by atoms with Gasteiger partial charge in [-0.25, -0.2) is 4.98 Å². The molecule has 130 valence electrons. The lowest BCUT2D eigenvalue weighted by Crippen LogP contribution is -2.31. The van der Waals surface area contributed by atoms with Gasteiger partial charge in [0.1, 0.15) is 10.8 Å². The molecule has 0 radical (unpaired) electrons. The summed E-state index contributed by atoms with van der Waals surface area (Å²) in [5.74, 6) is 0.658. The van der Waals surface area contributed by atoms with E-state index in [1.165, 1.54) is 0 Å². The lowest BCUT2D eigenvalue weighted by molar-refractivity contribution is -0.131. The van der Waals surface area contributed by atoms with Crippen LogP contribution >= 0.6 is 22.9 Å². The van der Waals surface area contributed by atoms with Gasteiger partial charge < -0.3 is 9.64 Å². The smallest absolute Gasteiger partial charge is 0.227 e. The molecule has 3 aromatic rings. The molecule has 1 heterocycles. The first-order valence-corrected chi connectivity index (χ1v) is 9.12. The van der Waals surface area contributed by atoms with E-state index in [1.54, 1.807) is 48.6 Å². The first-order valence-electron chi connectivity index (χ1n) is 7.93. The van der Waals surface area contributed by atoms with E-state index < -0.39 is 0 Å². The number of aromatic nitrogens is 1. The van der Waals surface area contributed by atoms with Gasteiger partial charge in [0.15, 0.2) is 0 Å². The van der Waals surface area contributed by atoms with Gasteiger partial charge in [0, 0.05) is 17.6 Å². The van der Waals surface area contributed by atoms with Crippen LogP contribution in [-0.4, -0.2) is 29.9 Å². The lowest BCUT2D eigenvalue weighted by atomic mass is 10.1. The summed E-state index contributed by atoms with van der Waals surface area (Å²) < 4.78 is 6.45. The van der Waals surface area contributed by atoms with E-state index in [4.69, 9.17) is 16.3 Å². The molecule has 3 rings (SSSR count). The van der Waals surface area contributed by atoms with Crippen LogP contribution in [0.1, 0.15) is 23.5 Å². The fourth-order valence-corrected chi connectivity index (χ4v) is 3.88. The van der Waals surface area contributed by atoms with Gasteiger partial charge in [-0.05, 0) is 37.3 Å². The Balaban J connectivity index is 1.78.